The van der Waals surface area contributed by atoms with Crippen molar-refractivity contribution in [1.82, 2.24) is 9.55 Å². The minimum atomic E-state index is -3.76. The van der Waals surface area contributed by atoms with Crippen molar-refractivity contribution >= 4 is 44.6 Å². The predicted octanol–water partition coefficient (Wildman–Crippen LogP) is 18.2. The van der Waals surface area contributed by atoms with E-state index in [9.17, 15) is 4.11 Å². The Hall–Kier alpha value is -7.89. The van der Waals surface area contributed by atoms with Crippen LogP contribution in [0, 0.1) is 0 Å². The van der Waals surface area contributed by atoms with Crippen LogP contribution in [-0.2, 0) is 10.8 Å². The van der Waals surface area contributed by atoms with Crippen LogP contribution >= 0.6 is 0 Å². The van der Waals surface area contributed by atoms with Gasteiger partial charge in [0.15, 0.2) is 0 Å². The van der Waals surface area contributed by atoms with Crippen molar-refractivity contribution < 1.29 is 30.8 Å². The number of nitrogens with one attached hydrogen (secondary N) is 2. The van der Waals surface area contributed by atoms with E-state index in [0.717, 1.165) is 22.3 Å². The van der Waals surface area contributed by atoms with E-state index >= 15 is 0 Å². The van der Waals surface area contributed by atoms with Gasteiger partial charge < -0.3 is 15.4 Å². The van der Waals surface area contributed by atoms with Gasteiger partial charge in [-0.3, -0.25) is 4.57 Å². The quantitative estimate of drug-likeness (QED) is 0.136. The van der Waals surface area contributed by atoms with Crippen molar-refractivity contribution in [3.05, 3.63) is 217 Å². The summed E-state index contributed by atoms with van der Waals surface area (Å²) >= 11 is 0. The van der Waals surface area contributed by atoms with Crippen LogP contribution in [0.5, 0.6) is 11.5 Å². The fourth-order valence-electron chi connectivity index (χ4n) is 8.39. The van der Waals surface area contributed by atoms with Gasteiger partial charge >= 0.3 is 0 Å². The van der Waals surface area contributed by atoms with Crippen LogP contribution in [-0.4, -0.2) is 9.55 Å². The third-order valence-electron chi connectivity index (χ3n) is 12.0. The Bertz CT molecular complexity index is 4380. The lowest BCUT2D eigenvalue weighted by atomic mass is 9.78. The molecule has 0 spiro atoms. The minimum absolute atomic E-state index is 0.0245. The van der Waals surface area contributed by atoms with Crippen LogP contribution in [0.25, 0.3) is 61.0 Å². The highest BCUT2D eigenvalue weighted by Crippen LogP contribution is 2.44. The first-order valence-electron chi connectivity index (χ1n) is 32.0. The van der Waals surface area contributed by atoms with Crippen LogP contribution in [0.1, 0.15) is 104 Å². The fraction of sp³-hybridized carbons (Fsp3) is 0.172. The Kier molecular flexibility index (Phi) is 7.38. The van der Waals surface area contributed by atoms with Gasteiger partial charge in [-0.05, 0) is 98.6 Å². The molecule has 342 valence electrons. The third kappa shape index (κ3) is 9.25. The Morgan fingerprint density at radius 2 is 1.16 bits per heavy atom. The fourth-order valence-corrected chi connectivity index (χ4v) is 8.39. The topological polar surface area (TPSA) is 51.1 Å². The lowest BCUT2D eigenvalue weighted by molar-refractivity contribution is 0.483. The summed E-state index contributed by atoms with van der Waals surface area (Å²) in [7, 11) is 0. The maximum Gasteiger partial charge on any atom is 0.137 e. The van der Waals surface area contributed by atoms with Gasteiger partial charge in [0.1, 0.15) is 17.3 Å². The van der Waals surface area contributed by atoms with Gasteiger partial charge in [-0.25, -0.2) is 4.98 Å². The van der Waals surface area contributed by atoms with E-state index in [1.165, 1.54) is 4.57 Å². The molecule has 0 saturated carbocycles. The third-order valence-corrected chi connectivity index (χ3v) is 12.0. The average Bonchev–Trinajstić information content (AvgIpc) is 0.995. The number of para-hydroxylation sites is 4. The molecule has 0 aliphatic rings. The molecular formula is C64H60N4O. The van der Waals surface area contributed by atoms with Crippen molar-refractivity contribution in [2.24, 2.45) is 0 Å². The van der Waals surface area contributed by atoms with Gasteiger partial charge in [-0.1, -0.05) is 188 Å². The van der Waals surface area contributed by atoms with Crippen molar-refractivity contribution in [3.8, 4) is 50.7 Å². The van der Waals surface area contributed by atoms with Crippen LogP contribution in [0.4, 0.5) is 22.7 Å². The second-order valence-corrected chi connectivity index (χ2v) is 18.8. The van der Waals surface area contributed by atoms with Crippen molar-refractivity contribution in [2.75, 3.05) is 10.6 Å². The molecule has 0 unspecified atom stereocenters. The maximum absolute atomic E-state index is 9.77. The number of rotatable bonds is 11. The summed E-state index contributed by atoms with van der Waals surface area (Å²) in [4.78, 5) is 4.44. The zero-order valence-corrected chi connectivity index (χ0v) is 38.9. The molecule has 2 heterocycles. The largest absolute Gasteiger partial charge is 0.457 e. The first-order valence-corrected chi connectivity index (χ1v) is 22.5. The van der Waals surface area contributed by atoms with E-state index in [0.29, 0.717) is 50.4 Å². The van der Waals surface area contributed by atoms with Crippen molar-refractivity contribution in [2.45, 2.75) is 72.0 Å². The number of hydrogen-bond acceptors (Lipinski definition) is 4. The number of anilines is 4. The highest BCUT2D eigenvalue weighted by molar-refractivity contribution is 6.09. The SMILES string of the molecule is [2H]c1nc(-n2c3ccccc3c3ccc(Oc4cccc(Nc5ccccc5Nc5c(-c6cc(C(C)(C)C)cc(C(C)(C)C)c6)cccc5-c5c([2H])c([2H])c([2H])c([2H])c5[2H])c4)cc32)c([2H])c(C([2H])(C([2H])([2H])[2H])C([2H])([2H])[2H])c1-c1c([2H])c([2H])c([2H])c([2H])c1[2H]. The average molecular weight is 920 g/mol. The molecule has 2 N–H and O–H groups in total. The predicted molar refractivity (Wildman–Crippen MR) is 292 cm³/mol. The van der Waals surface area contributed by atoms with Crippen LogP contribution < -0.4 is 15.4 Å². The summed E-state index contributed by atoms with van der Waals surface area (Å²) in [6.07, 6.45) is -0.955. The Labute approximate surface area is 434 Å². The van der Waals surface area contributed by atoms with E-state index in [-0.39, 0.29) is 39.7 Å². The minimum Gasteiger partial charge on any atom is -0.457 e. The van der Waals surface area contributed by atoms with E-state index in [2.05, 4.69) is 75.4 Å². The summed E-state index contributed by atoms with van der Waals surface area (Å²) in [5, 5.41) is 8.29. The molecule has 0 aliphatic carbocycles. The summed E-state index contributed by atoms with van der Waals surface area (Å²) in [6, 6.07) is 30.7. The summed E-state index contributed by atoms with van der Waals surface area (Å²) in [5.74, 6) is -3.63. The monoisotopic (exact) mass is 920 g/mol. The second kappa shape index (κ2) is 18.3. The van der Waals surface area contributed by atoms with Gasteiger partial charge in [0.2, 0.25) is 0 Å². The van der Waals surface area contributed by atoms with Crippen LogP contribution in [0.3, 0.4) is 0 Å². The molecule has 8 aromatic carbocycles. The van der Waals surface area contributed by atoms with Gasteiger partial charge in [0.05, 0.1) is 44.5 Å². The lowest BCUT2D eigenvalue weighted by Gasteiger charge is -2.27. The normalized spacial score (nSPS) is 16.3. The molecule has 0 aliphatic heterocycles. The standard InChI is InChI=1S/C64H60N4O/c1-42(2)55-40-61(65-41-56(55)44-23-13-10-14-24-44)68-59-32-18-15-27-53(59)54-34-33-50(39-60(54)68)69-49-26-19-25-48(38-49)66-57-30-16-17-31-58(57)67-62-51(43-21-11-9-12-22-43)28-20-29-52(62)45-35-46(63(3,4)5)37-47(36-45)64(6,7)8/h9-42,66-67H,1-8H3/i1D3,2D3,9D,10D,11D,12D,13D,14D,21D,22D,23D,24D,40D,41D,42D. The number of aromatic nitrogens is 2. The number of benzene rings is 8. The number of ether oxygens (including phenoxy) is 1. The van der Waals surface area contributed by atoms with Crippen LogP contribution in [0.2, 0.25) is 0 Å². The second-order valence-electron chi connectivity index (χ2n) is 18.8. The summed E-state index contributed by atoms with van der Waals surface area (Å²) < 4.78 is 174. The first-order chi connectivity index (χ1) is 41.1. The van der Waals surface area contributed by atoms with Gasteiger partial charge in [-0.15, -0.1) is 0 Å². The van der Waals surface area contributed by atoms with E-state index in [1.807, 2.05) is 42.5 Å². The lowest BCUT2D eigenvalue weighted by Crippen LogP contribution is -2.16. The molecule has 0 saturated heterocycles. The number of hydrogen-bond donors (Lipinski definition) is 2. The number of fused-ring (bicyclic) bond motifs is 3. The maximum atomic E-state index is 9.77. The molecule has 10 rings (SSSR count). The zero-order valence-electron chi connectivity index (χ0n) is 57.9. The molecule has 0 bridgehead atoms. The highest BCUT2D eigenvalue weighted by Gasteiger charge is 2.23. The van der Waals surface area contributed by atoms with E-state index < -0.39 is 103 Å². The molecule has 0 atom stereocenters. The number of pyridine rings is 1. The first kappa shape index (κ1) is 27.8. The Balaban J connectivity index is 1.08. The van der Waals surface area contributed by atoms with Gasteiger partial charge in [0.25, 0.3) is 0 Å². The van der Waals surface area contributed by atoms with E-state index in [1.54, 1.807) is 66.7 Å². The molecule has 5 nitrogen and oxygen atoms in total. The Morgan fingerprint density at radius 1 is 0.565 bits per heavy atom. The number of nitrogens with zero attached hydrogens (tertiary/aromatic N) is 2. The van der Waals surface area contributed by atoms with Gasteiger partial charge in [-0.2, -0.15) is 0 Å². The molecule has 0 fully saturated rings. The molecular weight excluding hydrogens is 841 g/mol. The van der Waals surface area contributed by atoms with E-state index in [4.69, 9.17) is 26.7 Å². The molecule has 0 amide bonds. The smallest absolute Gasteiger partial charge is 0.137 e. The molecule has 2 aromatic heterocycles. The highest BCUT2D eigenvalue weighted by atomic mass is 16.5. The van der Waals surface area contributed by atoms with Crippen molar-refractivity contribution in [3.63, 3.8) is 0 Å². The molecule has 10 aromatic rings. The summed E-state index contributed by atoms with van der Waals surface area (Å²) in [6.45, 7) is 5.34. The molecule has 69 heavy (non-hydrogen) atoms. The zero-order chi connectivity index (χ0) is 64.2. The van der Waals surface area contributed by atoms with Crippen LogP contribution in [0.15, 0.2) is 200 Å². The van der Waals surface area contributed by atoms with Crippen molar-refractivity contribution in [1.29, 1.82) is 0 Å². The Morgan fingerprint density at radius 3 is 1.84 bits per heavy atom. The van der Waals surface area contributed by atoms with Gasteiger partial charge in [0, 0.05) is 61.1 Å². The summed E-state index contributed by atoms with van der Waals surface area (Å²) in [5.41, 5.74) is 3.72. The molecule has 5 heteroatoms. The molecule has 0 radical (unpaired) electrons.